The Morgan fingerprint density at radius 2 is 0.816 bits per heavy atom. The first-order chi connectivity index (χ1) is 18.4. The van der Waals surface area contributed by atoms with Crippen molar-refractivity contribution in [1.82, 2.24) is 0 Å². The molecule has 2 heterocycles. The summed E-state index contributed by atoms with van der Waals surface area (Å²) in [5, 5.41) is 0. The molecule has 0 aliphatic carbocycles. The summed E-state index contributed by atoms with van der Waals surface area (Å²) in [5.41, 5.74) is 7.26. The Morgan fingerprint density at radius 1 is 0.500 bits per heavy atom. The molecule has 0 radical (unpaired) electrons. The Balaban J connectivity index is 1.81. The summed E-state index contributed by atoms with van der Waals surface area (Å²) in [4.78, 5) is 0. The average molecular weight is 505 g/mol. The Labute approximate surface area is 231 Å². The van der Waals surface area contributed by atoms with Crippen LogP contribution >= 0.6 is 0 Å². The van der Waals surface area contributed by atoms with E-state index >= 15 is 0 Å². The minimum atomic E-state index is 0.993. The fraction of sp³-hybridized carbons (Fsp3) is 0.222. The molecule has 196 valence electrons. The van der Waals surface area contributed by atoms with Crippen LogP contribution in [-0.4, -0.2) is 0 Å². The molecule has 0 aromatic carbocycles. The first kappa shape index (κ1) is 30.2. The van der Waals surface area contributed by atoms with Crippen molar-refractivity contribution in [3.05, 3.63) is 155 Å². The second kappa shape index (κ2) is 17.4. The zero-order valence-electron chi connectivity index (χ0n) is 24.0. The van der Waals surface area contributed by atoms with Crippen molar-refractivity contribution < 1.29 is 9.13 Å². The predicted octanol–water partition coefficient (Wildman–Crippen LogP) is 8.48. The fourth-order valence-corrected chi connectivity index (χ4v) is 3.38. The molecule has 0 spiro atoms. The van der Waals surface area contributed by atoms with Crippen LogP contribution < -0.4 is 9.13 Å². The molecule has 0 N–H and O–H groups in total. The van der Waals surface area contributed by atoms with Crippen LogP contribution in [0.15, 0.2) is 144 Å². The molecule has 0 aliphatic heterocycles. The van der Waals surface area contributed by atoms with Crippen molar-refractivity contribution in [3.8, 4) is 0 Å². The van der Waals surface area contributed by atoms with Crippen LogP contribution in [0.5, 0.6) is 0 Å². The van der Waals surface area contributed by atoms with Gasteiger partial charge in [-0.15, -0.1) is 0 Å². The SMILES string of the molecule is CC[n+]1ccc(/C=C/C(C)=C/C=C/C(C)=C/C=C/C=C(C)/C=C/C=C(C)/C=C/c2cc[n+](CC)cc2)cc1. The fourth-order valence-electron chi connectivity index (χ4n) is 3.38. The quantitative estimate of drug-likeness (QED) is 0.202. The number of hydrogen-bond acceptors (Lipinski definition) is 0. The highest BCUT2D eigenvalue weighted by molar-refractivity contribution is 5.52. The van der Waals surface area contributed by atoms with Gasteiger partial charge >= 0.3 is 0 Å². The molecule has 0 fully saturated rings. The van der Waals surface area contributed by atoms with Gasteiger partial charge in [0.1, 0.15) is 13.1 Å². The monoisotopic (exact) mass is 504 g/mol. The summed E-state index contributed by atoms with van der Waals surface area (Å²) in [6.07, 6.45) is 38.1. The summed E-state index contributed by atoms with van der Waals surface area (Å²) in [5.74, 6) is 0. The highest BCUT2D eigenvalue weighted by Crippen LogP contribution is 2.06. The van der Waals surface area contributed by atoms with Gasteiger partial charge in [-0.3, -0.25) is 0 Å². The summed E-state index contributed by atoms with van der Waals surface area (Å²) in [7, 11) is 0. The van der Waals surface area contributed by atoms with Gasteiger partial charge in [-0.25, -0.2) is 9.13 Å². The Kier molecular flexibility index (Phi) is 13.8. The van der Waals surface area contributed by atoms with E-state index in [4.69, 9.17) is 0 Å². The number of aromatic nitrogens is 2. The van der Waals surface area contributed by atoms with Gasteiger partial charge in [0.05, 0.1) is 0 Å². The van der Waals surface area contributed by atoms with Crippen molar-refractivity contribution in [2.75, 3.05) is 0 Å². The zero-order valence-corrected chi connectivity index (χ0v) is 24.0. The third kappa shape index (κ3) is 12.8. The molecule has 0 saturated heterocycles. The lowest BCUT2D eigenvalue weighted by molar-refractivity contribution is -0.693. The predicted molar refractivity (Wildman–Crippen MR) is 165 cm³/mol. The number of allylic oxidation sites excluding steroid dienone is 16. The lowest BCUT2D eigenvalue weighted by atomic mass is 10.1. The topological polar surface area (TPSA) is 7.76 Å². The van der Waals surface area contributed by atoms with Crippen LogP contribution in [0.1, 0.15) is 52.7 Å². The number of aryl methyl sites for hydroxylation is 2. The van der Waals surface area contributed by atoms with Crippen LogP contribution in [0.25, 0.3) is 12.2 Å². The number of hydrogen-bond donors (Lipinski definition) is 0. The van der Waals surface area contributed by atoms with Crippen LogP contribution in [0.3, 0.4) is 0 Å². The third-order valence-corrected chi connectivity index (χ3v) is 5.91. The molecule has 0 saturated carbocycles. The summed E-state index contributed by atoms with van der Waals surface area (Å²) < 4.78 is 4.32. The second-order valence-corrected chi connectivity index (χ2v) is 9.34. The van der Waals surface area contributed by atoms with Crippen molar-refractivity contribution in [3.63, 3.8) is 0 Å². The first-order valence-electron chi connectivity index (χ1n) is 13.5. The van der Waals surface area contributed by atoms with Crippen LogP contribution in [0, 0.1) is 0 Å². The Bertz CT molecular complexity index is 1170. The molecule has 2 nitrogen and oxygen atoms in total. The standard InChI is InChI=1S/C36H44N2/c1-7-37-27-23-35(24-28-37)21-19-33(5)17-11-15-31(3)13-9-10-14-32(4)16-12-18-34(6)20-22-36-25-29-38(8-2)30-26-36/h9-30H,7-8H2,1-6H3/q+2/b10-9+,15-11+,16-12+,21-19+,22-20+,31-13+,32-14+,33-17+,34-18+. The second-order valence-electron chi connectivity index (χ2n) is 9.34. The molecular formula is C36H44N2+2. The lowest BCUT2D eigenvalue weighted by Gasteiger charge is -1.94. The number of pyridine rings is 2. The molecule has 38 heavy (non-hydrogen) atoms. The van der Waals surface area contributed by atoms with E-state index in [-0.39, 0.29) is 0 Å². The molecule has 2 aromatic rings. The summed E-state index contributed by atoms with van der Waals surface area (Å²) in [6.45, 7) is 14.7. The van der Waals surface area contributed by atoms with Gasteiger partial charge in [-0.05, 0) is 52.7 Å². The van der Waals surface area contributed by atoms with E-state index in [0.29, 0.717) is 0 Å². The Morgan fingerprint density at radius 3 is 1.16 bits per heavy atom. The highest BCUT2D eigenvalue weighted by atomic mass is 14.9. The average Bonchev–Trinajstić information content (AvgIpc) is 2.93. The maximum absolute atomic E-state index is 2.16. The van der Waals surface area contributed by atoms with Gasteiger partial charge < -0.3 is 0 Å². The van der Waals surface area contributed by atoms with Crippen LogP contribution in [0.2, 0.25) is 0 Å². The minimum absolute atomic E-state index is 0.993. The smallest absolute Gasteiger partial charge is 0.169 e. The Hall–Kier alpha value is -4.04. The van der Waals surface area contributed by atoms with Crippen molar-refractivity contribution in [2.24, 2.45) is 0 Å². The number of rotatable bonds is 12. The van der Waals surface area contributed by atoms with E-state index in [0.717, 1.165) is 13.1 Å². The van der Waals surface area contributed by atoms with E-state index in [1.165, 1.54) is 33.4 Å². The zero-order chi connectivity index (χ0) is 27.6. The maximum Gasteiger partial charge on any atom is 0.169 e. The van der Waals surface area contributed by atoms with Gasteiger partial charge in [0, 0.05) is 24.3 Å². The van der Waals surface area contributed by atoms with Gasteiger partial charge in [-0.2, -0.15) is 0 Å². The van der Waals surface area contributed by atoms with E-state index in [2.05, 4.69) is 185 Å². The molecule has 2 rings (SSSR count). The van der Waals surface area contributed by atoms with Gasteiger partial charge in [-0.1, -0.05) is 107 Å². The molecule has 0 unspecified atom stereocenters. The van der Waals surface area contributed by atoms with E-state index < -0.39 is 0 Å². The largest absolute Gasteiger partial charge is 0.205 e. The van der Waals surface area contributed by atoms with Gasteiger partial charge in [0.2, 0.25) is 0 Å². The summed E-state index contributed by atoms with van der Waals surface area (Å²) in [6, 6.07) is 8.55. The minimum Gasteiger partial charge on any atom is -0.205 e. The maximum atomic E-state index is 2.16. The van der Waals surface area contributed by atoms with E-state index in [1.54, 1.807) is 0 Å². The normalized spacial score (nSPS) is 14.4. The molecule has 2 aromatic heterocycles. The molecule has 0 aliphatic rings. The first-order valence-corrected chi connectivity index (χ1v) is 13.5. The van der Waals surface area contributed by atoms with E-state index in [9.17, 15) is 0 Å². The van der Waals surface area contributed by atoms with Crippen molar-refractivity contribution in [2.45, 2.75) is 54.6 Å². The molecule has 0 atom stereocenters. The van der Waals surface area contributed by atoms with Gasteiger partial charge in [0.15, 0.2) is 24.8 Å². The van der Waals surface area contributed by atoms with Crippen molar-refractivity contribution in [1.29, 1.82) is 0 Å². The molecule has 0 amide bonds. The number of nitrogens with zero attached hydrogens (tertiary/aromatic N) is 2. The third-order valence-electron chi connectivity index (χ3n) is 5.91. The van der Waals surface area contributed by atoms with Crippen LogP contribution in [-0.2, 0) is 13.1 Å². The molecule has 2 heteroatoms. The lowest BCUT2D eigenvalue weighted by Crippen LogP contribution is -2.30. The van der Waals surface area contributed by atoms with E-state index in [1.807, 2.05) is 0 Å². The highest BCUT2D eigenvalue weighted by Gasteiger charge is 1.95. The van der Waals surface area contributed by atoms with Gasteiger partial charge in [0.25, 0.3) is 0 Å². The molecule has 0 bridgehead atoms. The van der Waals surface area contributed by atoms with Crippen molar-refractivity contribution >= 4 is 12.2 Å². The van der Waals surface area contributed by atoms with Crippen LogP contribution in [0.4, 0.5) is 0 Å². The summed E-state index contributed by atoms with van der Waals surface area (Å²) >= 11 is 0. The molecular weight excluding hydrogens is 460 g/mol.